The zero-order valence-electron chi connectivity index (χ0n) is 14.1. The van der Waals surface area contributed by atoms with Crippen LogP contribution in [0.4, 0.5) is 8.78 Å². The van der Waals surface area contributed by atoms with Gasteiger partial charge in [-0.05, 0) is 60.8 Å². The second-order valence-electron chi connectivity index (χ2n) is 7.40. The van der Waals surface area contributed by atoms with Crippen LogP contribution in [0.3, 0.4) is 0 Å². The molecule has 1 saturated carbocycles. The Hall–Kier alpha value is -2.27. The average molecular weight is 368 g/mol. The normalized spacial score (nSPS) is 22.9. The number of aromatic nitrogens is 2. The van der Waals surface area contributed by atoms with Crippen LogP contribution in [0.1, 0.15) is 34.9 Å². The molecular formula is C21H18F2N2S. The third kappa shape index (κ3) is 2.30. The Labute approximate surface area is 155 Å². The molecule has 0 saturated heterocycles. The number of hydrogen-bond acceptors (Lipinski definition) is 1. The van der Waals surface area contributed by atoms with Crippen LogP contribution in [0.15, 0.2) is 48.5 Å². The Morgan fingerprint density at radius 1 is 1.12 bits per heavy atom. The first-order chi connectivity index (χ1) is 12.6. The molecule has 0 unspecified atom stereocenters. The number of H-pyrrole nitrogens is 1. The summed E-state index contributed by atoms with van der Waals surface area (Å²) in [6.45, 7) is 0.633. The van der Waals surface area contributed by atoms with Gasteiger partial charge in [0.1, 0.15) is 11.6 Å². The van der Waals surface area contributed by atoms with Crippen molar-refractivity contribution in [3.63, 3.8) is 0 Å². The summed E-state index contributed by atoms with van der Waals surface area (Å²) >= 11 is 5.50. The quantitative estimate of drug-likeness (QED) is 0.639. The van der Waals surface area contributed by atoms with Crippen LogP contribution >= 0.6 is 12.2 Å². The van der Waals surface area contributed by atoms with Gasteiger partial charge in [-0.2, -0.15) is 0 Å². The first-order valence-corrected chi connectivity index (χ1v) is 9.30. The first-order valence-electron chi connectivity index (χ1n) is 8.89. The minimum absolute atomic E-state index is 0.220. The van der Waals surface area contributed by atoms with Crippen molar-refractivity contribution in [2.24, 2.45) is 0 Å². The van der Waals surface area contributed by atoms with Gasteiger partial charge >= 0.3 is 0 Å². The largest absolute Gasteiger partial charge is 0.334 e. The van der Waals surface area contributed by atoms with E-state index in [2.05, 4.69) is 21.7 Å². The van der Waals surface area contributed by atoms with E-state index in [1.165, 1.54) is 29.5 Å². The smallest absolute Gasteiger partial charge is 0.177 e. The maximum Gasteiger partial charge on any atom is 0.177 e. The van der Waals surface area contributed by atoms with Crippen LogP contribution in [0.5, 0.6) is 0 Å². The molecule has 2 atom stereocenters. The summed E-state index contributed by atoms with van der Waals surface area (Å²) in [5.74, 6) is -0.481. The lowest BCUT2D eigenvalue weighted by Gasteiger charge is -2.14. The van der Waals surface area contributed by atoms with Crippen molar-refractivity contribution in [1.29, 1.82) is 0 Å². The van der Waals surface area contributed by atoms with E-state index >= 15 is 0 Å². The Bertz CT molecular complexity index is 1050. The third-order valence-electron chi connectivity index (χ3n) is 5.92. The number of rotatable bonds is 4. The maximum absolute atomic E-state index is 14.4. The highest BCUT2D eigenvalue weighted by molar-refractivity contribution is 7.71. The predicted molar refractivity (Wildman–Crippen MR) is 98.9 cm³/mol. The summed E-state index contributed by atoms with van der Waals surface area (Å²) in [6.07, 6.45) is 2.66. The second kappa shape index (κ2) is 5.61. The molecule has 3 aromatic rings. The van der Waals surface area contributed by atoms with Gasteiger partial charge in [-0.1, -0.05) is 30.3 Å². The molecule has 2 aromatic carbocycles. The number of nitrogens with one attached hydrogen (secondary N) is 1. The molecule has 2 heterocycles. The molecule has 1 aliphatic carbocycles. The molecule has 5 heteroatoms. The summed E-state index contributed by atoms with van der Waals surface area (Å²) in [5.41, 5.74) is 3.78. The fraction of sp³-hybridized carbons (Fsp3) is 0.286. The number of imidazole rings is 1. The van der Waals surface area contributed by atoms with Crippen LogP contribution in [-0.2, 0) is 24.8 Å². The van der Waals surface area contributed by atoms with Crippen LogP contribution < -0.4 is 0 Å². The molecule has 1 aromatic heterocycles. The van der Waals surface area contributed by atoms with Crippen molar-refractivity contribution < 1.29 is 8.78 Å². The molecule has 1 fully saturated rings. The van der Waals surface area contributed by atoms with Crippen molar-refractivity contribution in [1.82, 2.24) is 9.55 Å². The Morgan fingerprint density at radius 3 is 2.73 bits per heavy atom. The van der Waals surface area contributed by atoms with Crippen molar-refractivity contribution in [3.05, 3.63) is 87.5 Å². The molecule has 0 bridgehead atoms. The van der Waals surface area contributed by atoms with Crippen molar-refractivity contribution >= 4 is 12.2 Å². The molecule has 1 aliphatic heterocycles. The Kier molecular flexibility index (Phi) is 3.44. The molecule has 0 amide bonds. The molecule has 0 spiro atoms. The predicted octanol–water partition coefficient (Wildman–Crippen LogP) is 5.05. The van der Waals surface area contributed by atoms with E-state index in [0.717, 1.165) is 25.0 Å². The molecular weight excluding hydrogens is 350 g/mol. The van der Waals surface area contributed by atoms with Crippen LogP contribution in [0.25, 0.3) is 0 Å². The third-order valence-corrected chi connectivity index (χ3v) is 6.24. The van der Waals surface area contributed by atoms with Gasteiger partial charge in [-0.25, -0.2) is 8.78 Å². The first kappa shape index (κ1) is 15.9. The number of aryl methyl sites for hydroxylation is 2. The summed E-state index contributed by atoms with van der Waals surface area (Å²) < 4.78 is 30.9. The zero-order chi connectivity index (χ0) is 17.9. The van der Waals surface area contributed by atoms with E-state index in [1.807, 2.05) is 18.2 Å². The van der Waals surface area contributed by atoms with E-state index in [4.69, 9.17) is 12.2 Å². The minimum Gasteiger partial charge on any atom is -0.334 e. The monoisotopic (exact) mass is 368 g/mol. The fourth-order valence-electron chi connectivity index (χ4n) is 4.58. The van der Waals surface area contributed by atoms with E-state index < -0.39 is 0 Å². The molecule has 2 aliphatic rings. The van der Waals surface area contributed by atoms with E-state index in [9.17, 15) is 8.78 Å². The van der Waals surface area contributed by atoms with E-state index in [1.54, 1.807) is 0 Å². The topological polar surface area (TPSA) is 20.7 Å². The standard InChI is InChI=1S/C21H18F2N2S/c22-14-7-8-17(23)15(10-14)21-11-16(21)19-18(24-20(26)25(19)12-21)9-6-13-4-2-1-3-5-13/h1-5,7-8,10,16H,6,9,11-12H2,(H,24,26)/t16-,21+/m0/s1. The number of aromatic amines is 1. The van der Waals surface area contributed by atoms with Crippen LogP contribution in [-0.4, -0.2) is 9.55 Å². The van der Waals surface area contributed by atoms with Crippen molar-refractivity contribution in [2.75, 3.05) is 0 Å². The highest BCUT2D eigenvalue weighted by atomic mass is 32.1. The van der Waals surface area contributed by atoms with Crippen LogP contribution in [0.2, 0.25) is 0 Å². The summed E-state index contributed by atoms with van der Waals surface area (Å²) in [6, 6.07) is 14.1. The minimum atomic E-state index is -0.382. The Morgan fingerprint density at radius 2 is 1.92 bits per heavy atom. The van der Waals surface area contributed by atoms with Crippen LogP contribution in [0, 0.1) is 16.4 Å². The van der Waals surface area contributed by atoms with Crippen molar-refractivity contribution in [3.8, 4) is 0 Å². The van der Waals surface area contributed by atoms with E-state index in [-0.39, 0.29) is 23.0 Å². The number of benzene rings is 2. The average Bonchev–Trinajstić information content (AvgIpc) is 3.14. The van der Waals surface area contributed by atoms with Gasteiger partial charge in [0, 0.05) is 29.3 Å². The summed E-state index contributed by atoms with van der Waals surface area (Å²) in [4.78, 5) is 3.35. The Balaban J connectivity index is 1.47. The molecule has 2 nitrogen and oxygen atoms in total. The number of fused-ring (bicyclic) bond motifs is 3. The highest BCUT2D eigenvalue weighted by Gasteiger charge is 2.63. The zero-order valence-corrected chi connectivity index (χ0v) is 15.0. The lowest BCUT2D eigenvalue weighted by Crippen LogP contribution is -2.14. The fourth-order valence-corrected chi connectivity index (χ4v) is 4.86. The van der Waals surface area contributed by atoms with Gasteiger partial charge < -0.3 is 9.55 Å². The summed E-state index contributed by atoms with van der Waals surface area (Å²) in [7, 11) is 0. The lowest BCUT2D eigenvalue weighted by atomic mass is 9.93. The van der Waals surface area contributed by atoms with Gasteiger partial charge in [-0.15, -0.1) is 0 Å². The van der Waals surface area contributed by atoms with Gasteiger partial charge in [0.15, 0.2) is 4.77 Å². The summed E-state index contributed by atoms with van der Waals surface area (Å²) in [5, 5.41) is 0. The maximum atomic E-state index is 14.4. The van der Waals surface area contributed by atoms with Gasteiger partial charge in [0.05, 0.1) is 0 Å². The lowest BCUT2D eigenvalue weighted by molar-refractivity contribution is 0.520. The van der Waals surface area contributed by atoms with Gasteiger partial charge in [0.25, 0.3) is 0 Å². The molecule has 26 heavy (non-hydrogen) atoms. The molecule has 132 valence electrons. The van der Waals surface area contributed by atoms with Gasteiger partial charge in [0.2, 0.25) is 0 Å². The second-order valence-corrected chi connectivity index (χ2v) is 7.79. The highest BCUT2D eigenvalue weighted by Crippen LogP contribution is 2.66. The van der Waals surface area contributed by atoms with Gasteiger partial charge in [-0.3, -0.25) is 0 Å². The SMILES string of the molecule is Fc1ccc(F)c([C@]23C[C@H]2c2c(CCc4ccccc4)[nH]c(=S)n2C3)c1. The molecule has 0 radical (unpaired) electrons. The number of hydrogen-bond donors (Lipinski definition) is 1. The van der Waals surface area contributed by atoms with E-state index in [0.29, 0.717) is 16.9 Å². The van der Waals surface area contributed by atoms with Crippen molar-refractivity contribution in [2.45, 2.75) is 37.1 Å². The number of halogens is 2. The number of nitrogens with zero attached hydrogens (tertiary/aromatic N) is 1. The molecule has 5 rings (SSSR count). The molecule has 1 N–H and O–H groups in total.